The highest BCUT2D eigenvalue weighted by atomic mass is 16.5. The molecule has 0 radical (unpaired) electrons. The molecule has 0 saturated carbocycles. The van der Waals surface area contributed by atoms with Gasteiger partial charge in [0.05, 0.1) is 30.8 Å². The van der Waals surface area contributed by atoms with Crippen LogP contribution in [0.3, 0.4) is 0 Å². The number of amides is 2. The van der Waals surface area contributed by atoms with Gasteiger partial charge in [-0.25, -0.2) is 9.59 Å². The van der Waals surface area contributed by atoms with Gasteiger partial charge in [0.15, 0.2) is 5.54 Å². The van der Waals surface area contributed by atoms with Gasteiger partial charge >= 0.3 is 11.9 Å². The third-order valence-corrected chi connectivity index (χ3v) is 6.74. The number of H-pyrrole nitrogens is 1. The number of rotatable bonds is 8. The molecule has 5 rings (SSSR count). The molecular formula is C30H27N3O6. The minimum absolute atomic E-state index is 0.0543. The number of para-hydroxylation sites is 1. The summed E-state index contributed by atoms with van der Waals surface area (Å²) < 4.78 is 10.1. The molecule has 0 spiro atoms. The molecule has 9 heteroatoms. The van der Waals surface area contributed by atoms with Gasteiger partial charge < -0.3 is 19.8 Å². The van der Waals surface area contributed by atoms with Crippen molar-refractivity contribution in [1.82, 2.24) is 4.98 Å². The van der Waals surface area contributed by atoms with Crippen molar-refractivity contribution in [2.45, 2.75) is 25.8 Å². The first-order valence-corrected chi connectivity index (χ1v) is 12.6. The number of carbonyl (C=O) groups is 4. The third-order valence-electron chi connectivity index (χ3n) is 6.74. The summed E-state index contributed by atoms with van der Waals surface area (Å²) in [4.78, 5) is 56.1. The summed E-state index contributed by atoms with van der Waals surface area (Å²) in [5.41, 5.74) is 1.76. The highest BCUT2D eigenvalue weighted by Crippen LogP contribution is 2.48. The van der Waals surface area contributed by atoms with Gasteiger partial charge in [-0.05, 0) is 68.4 Å². The first kappa shape index (κ1) is 25.7. The number of β-lactam (4-membered cyclic amide) rings is 1. The minimum Gasteiger partial charge on any atom is -0.462 e. The number of esters is 2. The maximum Gasteiger partial charge on any atom is 0.338 e. The van der Waals surface area contributed by atoms with Crippen LogP contribution in [0.5, 0.6) is 0 Å². The molecule has 1 unspecified atom stereocenters. The van der Waals surface area contributed by atoms with Crippen LogP contribution in [0.25, 0.3) is 10.9 Å². The van der Waals surface area contributed by atoms with E-state index in [0.717, 1.165) is 10.9 Å². The topological polar surface area (TPSA) is 118 Å². The van der Waals surface area contributed by atoms with Crippen molar-refractivity contribution < 1.29 is 28.7 Å². The van der Waals surface area contributed by atoms with Crippen LogP contribution in [0.2, 0.25) is 0 Å². The number of benzene rings is 3. The maximum absolute atomic E-state index is 14.1. The lowest BCUT2D eigenvalue weighted by molar-refractivity contribution is -0.137. The Kier molecular flexibility index (Phi) is 6.89. The van der Waals surface area contributed by atoms with Crippen LogP contribution in [-0.4, -0.2) is 42.0 Å². The van der Waals surface area contributed by atoms with E-state index in [-0.39, 0.29) is 25.5 Å². The summed E-state index contributed by atoms with van der Waals surface area (Å²) in [5.74, 6) is -1.57. The van der Waals surface area contributed by atoms with Crippen molar-refractivity contribution >= 4 is 46.0 Å². The monoisotopic (exact) mass is 525 g/mol. The second-order valence-corrected chi connectivity index (χ2v) is 9.03. The Balaban J connectivity index is 1.53. The Morgan fingerprint density at radius 1 is 0.872 bits per heavy atom. The van der Waals surface area contributed by atoms with Gasteiger partial charge in [0, 0.05) is 34.0 Å². The van der Waals surface area contributed by atoms with Gasteiger partial charge in [-0.1, -0.05) is 18.2 Å². The van der Waals surface area contributed by atoms with E-state index in [1.54, 1.807) is 68.6 Å². The fraction of sp³-hybridized carbons (Fsp3) is 0.200. The van der Waals surface area contributed by atoms with E-state index in [1.165, 1.54) is 4.90 Å². The molecule has 2 N–H and O–H groups in total. The van der Waals surface area contributed by atoms with Gasteiger partial charge in [0.2, 0.25) is 5.91 Å². The van der Waals surface area contributed by atoms with Gasteiger partial charge in [0.1, 0.15) is 0 Å². The molecule has 3 aromatic carbocycles. The molecule has 0 aliphatic carbocycles. The molecule has 9 nitrogen and oxygen atoms in total. The standard InChI is InChI=1S/C30H27N3O6/c1-3-38-27(35)19-9-13-21(14-10-19)32-29(37)30(24-18-31-25-8-6-5-7-23(24)25)17-26(34)33(30)22-15-11-20(12-16-22)28(36)39-4-2/h5-16,18,31H,3-4,17H2,1-2H3,(H,32,37). The van der Waals surface area contributed by atoms with E-state index in [2.05, 4.69) is 10.3 Å². The second-order valence-electron chi connectivity index (χ2n) is 9.03. The molecule has 1 aliphatic heterocycles. The average Bonchev–Trinajstić information content (AvgIpc) is 3.37. The normalized spacial score (nSPS) is 16.5. The van der Waals surface area contributed by atoms with E-state index in [9.17, 15) is 19.2 Å². The zero-order valence-corrected chi connectivity index (χ0v) is 21.5. The highest BCUT2D eigenvalue weighted by Gasteiger charge is 2.59. The highest BCUT2D eigenvalue weighted by molar-refractivity contribution is 6.18. The van der Waals surface area contributed by atoms with E-state index >= 15 is 0 Å². The van der Waals surface area contributed by atoms with E-state index in [1.807, 2.05) is 24.3 Å². The van der Waals surface area contributed by atoms with Gasteiger partial charge in [-0.3, -0.25) is 14.5 Å². The Hall–Kier alpha value is -4.92. The van der Waals surface area contributed by atoms with E-state index in [4.69, 9.17) is 9.47 Å². The number of aromatic amines is 1. The van der Waals surface area contributed by atoms with Crippen LogP contribution >= 0.6 is 0 Å². The number of nitrogens with zero attached hydrogens (tertiary/aromatic N) is 1. The smallest absolute Gasteiger partial charge is 0.338 e. The lowest BCUT2D eigenvalue weighted by atomic mass is 9.75. The molecule has 0 bridgehead atoms. The van der Waals surface area contributed by atoms with Crippen LogP contribution in [0.1, 0.15) is 46.5 Å². The third kappa shape index (κ3) is 4.52. The number of ether oxygens (including phenoxy) is 2. The summed E-state index contributed by atoms with van der Waals surface area (Å²) in [5, 5.41) is 3.74. The zero-order valence-electron chi connectivity index (χ0n) is 21.5. The molecule has 1 aromatic heterocycles. The fourth-order valence-corrected chi connectivity index (χ4v) is 4.90. The molecule has 2 amide bonds. The summed E-state index contributed by atoms with van der Waals surface area (Å²) >= 11 is 0. The van der Waals surface area contributed by atoms with E-state index in [0.29, 0.717) is 28.1 Å². The Morgan fingerprint density at radius 2 is 1.46 bits per heavy atom. The van der Waals surface area contributed by atoms with Crippen LogP contribution < -0.4 is 10.2 Å². The van der Waals surface area contributed by atoms with Crippen molar-refractivity contribution in [1.29, 1.82) is 0 Å². The zero-order chi connectivity index (χ0) is 27.6. The maximum atomic E-state index is 14.1. The Labute approximate surface area is 224 Å². The molecule has 198 valence electrons. The van der Waals surface area contributed by atoms with Crippen LogP contribution in [0.15, 0.2) is 79.0 Å². The van der Waals surface area contributed by atoms with Crippen LogP contribution in [-0.2, 0) is 24.6 Å². The molecule has 4 aromatic rings. The van der Waals surface area contributed by atoms with Gasteiger partial charge in [0.25, 0.3) is 5.91 Å². The van der Waals surface area contributed by atoms with Crippen molar-refractivity contribution in [3.63, 3.8) is 0 Å². The number of nitrogens with one attached hydrogen (secondary N) is 2. The quantitative estimate of drug-likeness (QED) is 0.252. The number of carbonyl (C=O) groups excluding carboxylic acids is 4. The average molecular weight is 526 g/mol. The number of fused-ring (bicyclic) bond motifs is 1. The van der Waals surface area contributed by atoms with Gasteiger partial charge in [-0.15, -0.1) is 0 Å². The van der Waals surface area contributed by atoms with Crippen molar-refractivity contribution in [2.75, 3.05) is 23.4 Å². The van der Waals surface area contributed by atoms with Crippen LogP contribution in [0, 0.1) is 0 Å². The first-order valence-electron chi connectivity index (χ1n) is 12.6. The molecular weight excluding hydrogens is 498 g/mol. The molecule has 1 saturated heterocycles. The summed E-state index contributed by atoms with van der Waals surface area (Å²) in [7, 11) is 0. The molecule has 1 atom stereocenters. The predicted molar refractivity (Wildman–Crippen MR) is 146 cm³/mol. The minimum atomic E-state index is -1.36. The second kappa shape index (κ2) is 10.4. The predicted octanol–water partition coefficient (Wildman–Crippen LogP) is 4.79. The largest absolute Gasteiger partial charge is 0.462 e. The number of hydrogen-bond acceptors (Lipinski definition) is 6. The molecule has 1 fully saturated rings. The number of anilines is 2. The molecule has 39 heavy (non-hydrogen) atoms. The first-order chi connectivity index (χ1) is 18.9. The summed E-state index contributed by atoms with van der Waals surface area (Å²) in [6.07, 6.45) is 1.70. The van der Waals surface area contributed by atoms with Crippen LogP contribution in [0.4, 0.5) is 11.4 Å². The fourth-order valence-electron chi connectivity index (χ4n) is 4.90. The lowest BCUT2D eigenvalue weighted by Gasteiger charge is -2.50. The van der Waals surface area contributed by atoms with Crippen molar-refractivity contribution in [3.05, 3.63) is 95.7 Å². The van der Waals surface area contributed by atoms with Crippen molar-refractivity contribution in [3.8, 4) is 0 Å². The summed E-state index contributed by atoms with van der Waals surface area (Å²) in [6.45, 7) is 3.96. The van der Waals surface area contributed by atoms with Gasteiger partial charge in [-0.2, -0.15) is 0 Å². The number of hydrogen-bond donors (Lipinski definition) is 2. The molecule has 2 heterocycles. The molecule has 1 aliphatic rings. The summed E-state index contributed by atoms with van der Waals surface area (Å²) in [6, 6.07) is 20.4. The van der Waals surface area contributed by atoms with E-state index < -0.39 is 23.4 Å². The lowest BCUT2D eigenvalue weighted by Crippen LogP contribution is -2.67. The Bertz CT molecular complexity index is 1560. The Morgan fingerprint density at radius 3 is 2.05 bits per heavy atom. The SMILES string of the molecule is CCOC(=O)c1ccc(NC(=O)C2(c3c[nH]c4ccccc34)CC(=O)N2c2ccc(C(=O)OCC)cc2)cc1. The van der Waals surface area contributed by atoms with Crippen molar-refractivity contribution in [2.24, 2.45) is 0 Å². The number of aromatic nitrogens is 1.